The van der Waals surface area contributed by atoms with E-state index in [9.17, 15) is 41.4 Å². The Kier molecular flexibility index (Phi) is 14.4. The Morgan fingerprint density at radius 3 is 2.15 bits per heavy atom. The lowest BCUT2D eigenvalue weighted by Gasteiger charge is -2.44. The second-order valence-corrected chi connectivity index (χ2v) is 14.6. The van der Waals surface area contributed by atoms with E-state index in [0.717, 1.165) is 54.6 Å². The van der Waals surface area contributed by atoms with Crippen LogP contribution in [-0.4, -0.2) is 85.0 Å². The Morgan fingerprint density at radius 2 is 1.60 bits per heavy atom. The molecule has 1 saturated heterocycles. The van der Waals surface area contributed by atoms with E-state index in [2.05, 4.69) is 27.6 Å². The van der Waals surface area contributed by atoms with Gasteiger partial charge < -0.3 is 40.5 Å². The number of carbonyl (C=O) groups is 3. The predicted molar refractivity (Wildman–Crippen MR) is 184 cm³/mol. The van der Waals surface area contributed by atoms with Gasteiger partial charge >= 0.3 is 12.2 Å². The fraction of sp³-hybridized carbons (Fsp3) is 0.400. The number of sulfonamides is 1. The van der Waals surface area contributed by atoms with Gasteiger partial charge in [-0.05, 0) is 87.7 Å². The highest BCUT2D eigenvalue weighted by atomic mass is 32.2. The van der Waals surface area contributed by atoms with E-state index < -0.39 is 34.2 Å². The van der Waals surface area contributed by atoms with Crippen molar-refractivity contribution in [2.45, 2.75) is 75.8 Å². The Bertz CT molecular complexity index is 1770. The van der Waals surface area contributed by atoms with Gasteiger partial charge in [-0.3, -0.25) is 4.79 Å². The van der Waals surface area contributed by atoms with Gasteiger partial charge in [0.15, 0.2) is 0 Å². The number of carboxylic acids is 1. The molecule has 3 atom stereocenters. The minimum Gasteiger partial charge on any atom is -0.542 e. The van der Waals surface area contributed by atoms with Crippen molar-refractivity contribution < 1.29 is 55.8 Å². The molecule has 17 heteroatoms. The first-order valence-electron chi connectivity index (χ1n) is 16.5. The van der Waals surface area contributed by atoms with E-state index in [0.29, 0.717) is 5.69 Å². The van der Waals surface area contributed by atoms with Crippen LogP contribution in [0.4, 0.5) is 23.7 Å². The maximum absolute atomic E-state index is 13.7. The molecular formula is C35H44F3N5O8S. The maximum atomic E-state index is 13.7. The van der Waals surface area contributed by atoms with Gasteiger partial charge in [-0.1, -0.05) is 24.3 Å². The van der Waals surface area contributed by atoms with Crippen LogP contribution in [-0.2, 0) is 32.6 Å². The molecule has 1 aliphatic heterocycles. The van der Waals surface area contributed by atoms with Crippen molar-refractivity contribution in [3.05, 3.63) is 83.9 Å². The number of hydrogen-bond donors (Lipinski definition) is 6. The number of likely N-dealkylation sites (N-methyl/N-ethyl adjacent to an activating group) is 1. The first kappa shape index (κ1) is 41.5. The first-order chi connectivity index (χ1) is 24.3. The van der Waals surface area contributed by atoms with Gasteiger partial charge in [0.2, 0.25) is 15.9 Å². The summed E-state index contributed by atoms with van der Waals surface area (Å²) in [6.45, 7) is 8.88. The molecule has 3 aromatic rings. The number of quaternary nitrogens is 1. The fourth-order valence-corrected chi connectivity index (χ4v) is 7.08. The molecular weight excluding hydrogens is 707 g/mol. The van der Waals surface area contributed by atoms with Crippen molar-refractivity contribution >= 4 is 33.6 Å². The van der Waals surface area contributed by atoms with E-state index in [1.807, 2.05) is 12.1 Å². The summed E-state index contributed by atoms with van der Waals surface area (Å²) >= 11 is 0. The van der Waals surface area contributed by atoms with Gasteiger partial charge in [-0.2, -0.15) is 13.2 Å². The summed E-state index contributed by atoms with van der Waals surface area (Å²) in [7, 11) is -3.68. The van der Waals surface area contributed by atoms with Crippen molar-refractivity contribution in [3.63, 3.8) is 0 Å². The number of likely N-dealkylation sites (tertiary alicyclic amines) is 1. The average molecular weight is 752 g/mol. The van der Waals surface area contributed by atoms with E-state index in [-0.39, 0.29) is 40.8 Å². The van der Waals surface area contributed by atoms with E-state index in [1.165, 1.54) is 36.4 Å². The first-order valence-corrected chi connectivity index (χ1v) is 18.0. The van der Waals surface area contributed by atoms with Crippen LogP contribution in [0.3, 0.4) is 0 Å². The zero-order chi connectivity index (χ0) is 38.7. The van der Waals surface area contributed by atoms with E-state index in [4.69, 9.17) is 9.90 Å². The number of nitrogens with one attached hydrogen (secondary N) is 4. The molecule has 1 aliphatic rings. The van der Waals surface area contributed by atoms with Gasteiger partial charge in [0.25, 0.3) is 0 Å². The second kappa shape index (κ2) is 18.1. The summed E-state index contributed by atoms with van der Waals surface area (Å²) in [5.41, 5.74) is 2.16. The number of carbonyl (C=O) groups excluding carboxylic acids is 3. The number of halogens is 3. The normalized spacial score (nSPS) is 18.0. The van der Waals surface area contributed by atoms with Crippen LogP contribution in [0.5, 0.6) is 11.5 Å². The van der Waals surface area contributed by atoms with Crippen LogP contribution in [0.25, 0.3) is 0 Å². The minimum absolute atomic E-state index is 0.0739. The molecule has 0 radical (unpaired) electrons. The number of hydrogen-bond acceptors (Lipinski definition) is 8. The number of aromatic hydroxyl groups is 2. The number of phenols is 2. The Labute approximate surface area is 300 Å². The number of amides is 3. The van der Waals surface area contributed by atoms with Crippen molar-refractivity contribution in [1.29, 1.82) is 0 Å². The summed E-state index contributed by atoms with van der Waals surface area (Å²) in [4.78, 5) is 35.6. The smallest absolute Gasteiger partial charge is 0.430 e. The van der Waals surface area contributed by atoms with Crippen molar-refractivity contribution in [1.82, 2.24) is 15.4 Å². The number of rotatable bonds is 12. The van der Waals surface area contributed by atoms with Gasteiger partial charge in [0.1, 0.15) is 30.1 Å². The van der Waals surface area contributed by atoms with Crippen molar-refractivity contribution in [3.8, 4) is 11.5 Å². The molecule has 13 nitrogen and oxygen atoms in total. The standard InChI is InChI=1S/C33H43N5O6S.C2HF3O2/c1-4-38(21-25-7-5-9-29(40)19-25)18-6-8-27(22-38)34-32(41)31(20-24-10-14-28(39)15-11-24)36-33(42)35-26-12-16-30(17-13-26)45(43,44)37-23(2)3;3-2(4,5)1(6)7/h5,7,9-17,19,23,27,31,37H,4,6,8,18,20-22H2,1-3H3,(H4-,34,35,36,39,40,41,42);(H,6,7)/t27-,31-,38?;/m0./s1. The lowest BCUT2D eigenvalue weighted by Crippen LogP contribution is -2.61. The summed E-state index contributed by atoms with van der Waals surface area (Å²) in [5, 5.41) is 37.1. The van der Waals surface area contributed by atoms with Gasteiger partial charge in [-0.15, -0.1) is 0 Å². The molecule has 1 heterocycles. The molecule has 0 bridgehead atoms. The topological polar surface area (TPSA) is 197 Å². The molecule has 3 amide bonds. The monoisotopic (exact) mass is 751 g/mol. The highest BCUT2D eigenvalue weighted by Gasteiger charge is 2.36. The number of urea groups is 1. The number of carboxylic acid groups (broad SMARTS) is 1. The Balaban J connectivity index is 0.000000944. The fourth-order valence-electron chi connectivity index (χ4n) is 5.83. The summed E-state index contributed by atoms with van der Waals surface area (Å²) < 4.78 is 59.7. The Morgan fingerprint density at radius 1 is 0.962 bits per heavy atom. The SMILES string of the molecule is CC[N+]1(Cc2cccc(O)c2)CCC[C@H](NC(=O)[C@H](Cc2ccc(O)cc2)NC(=O)Nc2ccc(S(=O)(=O)NC(C)C)cc2)C1.O=C([O-])C(F)(F)F. The maximum Gasteiger partial charge on any atom is 0.430 e. The quantitative estimate of drug-likeness (QED) is 0.152. The molecule has 6 N–H and O–H groups in total. The third-order valence-electron chi connectivity index (χ3n) is 8.28. The highest BCUT2D eigenvalue weighted by Crippen LogP contribution is 2.25. The highest BCUT2D eigenvalue weighted by molar-refractivity contribution is 7.89. The molecule has 0 aliphatic carbocycles. The number of piperidine rings is 1. The lowest BCUT2D eigenvalue weighted by molar-refractivity contribution is -0.944. The summed E-state index contributed by atoms with van der Waals surface area (Å²) in [6, 6.07) is 17.6. The van der Waals surface area contributed by atoms with E-state index >= 15 is 0 Å². The molecule has 284 valence electrons. The lowest BCUT2D eigenvalue weighted by atomic mass is 9.99. The molecule has 0 spiro atoms. The molecule has 3 aromatic carbocycles. The molecule has 1 fully saturated rings. The second-order valence-electron chi connectivity index (χ2n) is 12.8. The van der Waals surface area contributed by atoms with Crippen molar-refractivity contribution in [2.75, 3.05) is 25.0 Å². The third-order valence-corrected chi connectivity index (χ3v) is 9.96. The Hall–Kier alpha value is -4.87. The zero-order valence-corrected chi connectivity index (χ0v) is 29.8. The van der Waals surface area contributed by atoms with Crippen LogP contribution < -0.4 is 25.8 Å². The van der Waals surface area contributed by atoms with Crippen LogP contribution >= 0.6 is 0 Å². The molecule has 1 unspecified atom stereocenters. The van der Waals surface area contributed by atoms with E-state index in [1.54, 1.807) is 38.1 Å². The molecule has 52 heavy (non-hydrogen) atoms. The van der Waals surface area contributed by atoms with Gasteiger partial charge in [-0.25, -0.2) is 17.9 Å². The minimum atomic E-state index is -5.19. The predicted octanol–water partition coefficient (Wildman–Crippen LogP) is 3.13. The zero-order valence-electron chi connectivity index (χ0n) is 28.9. The van der Waals surface area contributed by atoms with Crippen LogP contribution in [0.1, 0.15) is 44.7 Å². The largest absolute Gasteiger partial charge is 0.542 e. The molecule has 0 saturated carbocycles. The van der Waals surface area contributed by atoms with Gasteiger partial charge in [0, 0.05) is 23.7 Å². The number of benzene rings is 3. The van der Waals surface area contributed by atoms with Crippen LogP contribution in [0.15, 0.2) is 77.7 Å². The van der Waals surface area contributed by atoms with Crippen LogP contribution in [0, 0.1) is 0 Å². The number of nitrogens with zero attached hydrogens (tertiary/aromatic N) is 1. The average Bonchev–Trinajstić information content (AvgIpc) is 3.05. The van der Waals surface area contributed by atoms with Crippen LogP contribution in [0.2, 0.25) is 0 Å². The number of phenolic OH excluding ortho intramolecular Hbond substituents is 2. The number of aliphatic carboxylic acids is 1. The van der Waals surface area contributed by atoms with Crippen molar-refractivity contribution in [2.24, 2.45) is 0 Å². The number of alkyl halides is 3. The number of anilines is 1. The summed E-state index contributed by atoms with van der Waals surface area (Å²) in [5.74, 6) is -3.00. The molecule has 4 rings (SSSR count). The molecule has 0 aromatic heterocycles. The summed E-state index contributed by atoms with van der Waals surface area (Å²) in [6.07, 6.45) is -3.27. The van der Waals surface area contributed by atoms with Gasteiger partial charge in [0.05, 0.1) is 30.6 Å². The third kappa shape index (κ3) is 13.0.